The molecule has 13 heavy (non-hydrogen) atoms. The van der Waals surface area contributed by atoms with Crippen LogP contribution < -0.4 is 0 Å². The van der Waals surface area contributed by atoms with Gasteiger partial charge >= 0.3 is 0 Å². The number of hydrogen-bond acceptors (Lipinski definition) is 2. The van der Waals surface area contributed by atoms with E-state index in [0.717, 1.165) is 16.6 Å². The third-order valence-corrected chi connectivity index (χ3v) is 2.65. The van der Waals surface area contributed by atoms with Gasteiger partial charge in [0, 0.05) is 12.8 Å². The maximum atomic E-state index is 9.11. The van der Waals surface area contributed by atoms with Crippen LogP contribution in [0.3, 0.4) is 0 Å². The topological polar surface area (TPSA) is 33.1 Å². The van der Waals surface area contributed by atoms with Crippen molar-refractivity contribution in [1.82, 2.24) is 4.98 Å². The summed E-state index contributed by atoms with van der Waals surface area (Å²) in [6, 6.07) is 3.93. The summed E-state index contributed by atoms with van der Waals surface area (Å²) < 4.78 is 0.872. The molecule has 0 saturated carbocycles. The average molecular weight is 244 g/mol. The Labute approximate surface area is 87.1 Å². The first-order valence-corrected chi connectivity index (χ1v) is 5.05. The molecule has 0 radical (unpaired) electrons. The van der Waals surface area contributed by atoms with Gasteiger partial charge in [-0.2, -0.15) is 0 Å². The Morgan fingerprint density at radius 3 is 2.77 bits per heavy atom. The SMILES string of the molecule is CC(C)(CO)Cc1cccnc1Br. The third kappa shape index (κ3) is 3.08. The fraction of sp³-hybridized carbons (Fsp3) is 0.500. The molecular weight excluding hydrogens is 230 g/mol. The molecule has 2 nitrogen and oxygen atoms in total. The van der Waals surface area contributed by atoms with Crippen molar-refractivity contribution < 1.29 is 5.11 Å². The molecule has 1 aromatic rings. The highest BCUT2D eigenvalue weighted by molar-refractivity contribution is 9.10. The molecule has 1 N–H and O–H groups in total. The van der Waals surface area contributed by atoms with E-state index in [2.05, 4.69) is 20.9 Å². The van der Waals surface area contributed by atoms with Gasteiger partial charge in [0.05, 0.1) is 0 Å². The van der Waals surface area contributed by atoms with E-state index in [-0.39, 0.29) is 12.0 Å². The minimum absolute atomic E-state index is 0.0778. The number of hydrogen-bond donors (Lipinski definition) is 1. The van der Waals surface area contributed by atoms with Gasteiger partial charge in [0.15, 0.2) is 0 Å². The second kappa shape index (κ2) is 4.20. The first kappa shape index (κ1) is 10.7. The molecule has 0 aliphatic rings. The monoisotopic (exact) mass is 243 g/mol. The summed E-state index contributed by atoms with van der Waals surface area (Å²) in [5.74, 6) is 0. The minimum Gasteiger partial charge on any atom is -0.396 e. The standard InChI is InChI=1S/C10H14BrNO/c1-10(2,7-13)6-8-4-3-5-12-9(8)11/h3-5,13H,6-7H2,1-2H3. The lowest BCUT2D eigenvalue weighted by atomic mass is 9.87. The van der Waals surface area contributed by atoms with Gasteiger partial charge < -0.3 is 5.11 Å². The normalized spacial score (nSPS) is 11.7. The summed E-state index contributed by atoms with van der Waals surface area (Å²) >= 11 is 3.39. The highest BCUT2D eigenvalue weighted by atomic mass is 79.9. The predicted octanol–water partition coefficient (Wildman–Crippen LogP) is 2.41. The van der Waals surface area contributed by atoms with Crippen molar-refractivity contribution in [3.8, 4) is 0 Å². The van der Waals surface area contributed by atoms with Crippen molar-refractivity contribution in [2.45, 2.75) is 20.3 Å². The second-order valence-electron chi connectivity index (χ2n) is 3.95. The van der Waals surface area contributed by atoms with Crippen molar-refractivity contribution in [2.75, 3.05) is 6.61 Å². The van der Waals surface area contributed by atoms with Gasteiger partial charge in [-0.25, -0.2) is 4.98 Å². The molecule has 0 saturated heterocycles. The third-order valence-electron chi connectivity index (χ3n) is 1.93. The molecule has 1 aromatic heterocycles. The largest absolute Gasteiger partial charge is 0.396 e. The number of aliphatic hydroxyl groups excluding tert-OH is 1. The molecule has 0 bridgehead atoms. The van der Waals surface area contributed by atoms with Crippen LogP contribution in [0.2, 0.25) is 0 Å². The van der Waals surface area contributed by atoms with E-state index in [4.69, 9.17) is 5.11 Å². The van der Waals surface area contributed by atoms with E-state index < -0.39 is 0 Å². The fourth-order valence-electron chi connectivity index (χ4n) is 1.12. The molecule has 1 rings (SSSR count). The first-order valence-electron chi connectivity index (χ1n) is 4.25. The highest BCUT2D eigenvalue weighted by Gasteiger charge is 2.18. The molecule has 0 aromatic carbocycles. The maximum Gasteiger partial charge on any atom is 0.109 e. The summed E-state index contributed by atoms with van der Waals surface area (Å²) in [4.78, 5) is 4.13. The van der Waals surface area contributed by atoms with E-state index in [1.807, 2.05) is 26.0 Å². The Hall–Kier alpha value is -0.410. The smallest absolute Gasteiger partial charge is 0.109 e. The van der Waals surface area contributed by atoms with E-state index >= 15 is 0 Å². The molecule has 0 unspecified atom stereocenters. The summed E-state index contributed by atoms with van der Waals surface area (Å²) in [5.41, 5.74) is 1.06. The van der Waals surface area contributed by atoms with Gasteiger partial charge in [-0.15, -0.1) is 0 Å². The lowest BCUT2D eigenvalue weighted by molar-refractivity contribution is 0.159. The van der Waals surface area contributed by atoms with Gasteiger partial charge in [-0.3, -0.25) is 0 Å². The van der Waals surface area contributed by atoms with Crippen molar-refractivity contribution in [2.24, 2.45) is 5.41 Å². The molecule has 0 amide bonds. The lowest BCUT2D eigenvalue weighted by Gasteiger charge is -2.21. The van der Waals surface area contributed by atoms with Crippen LogP contribution in [0.25, 0.3) is 0 Å². The first-order chi connectivity index (χ1) is 6.05. The molecule has 0 spiro atoms. The number of aliphatic hydroxyl groups is 1. The molecule has 0 atom stereocenters. The molecular formula is C10H14BrNO. The second-order valence-corrected chi connectivity index (χ2v) is 4.70. The van der Waals surface area contributed by atoms with Crippen LogP contribution in [0, 0.1) is 5.41 Å². The van der Waals surface area contributed by atoms with Crippen molar-refractivity contribution in [3.63, 3.8) is 0 Å². The quantitative estimate of drug-likeness (QED) is 0.828. The summed E-state index contributed by atoms with van der Waals surface area (Å²) in [5, 5.41) is 9.11. The van der Waals surface area contributed by atoms with Crippen LogP contribution in [0.5, 0.6) is 0 Å². The van der Waals surface area contributed by atoms with E-state index in [0.29, 0.717) is 0 Å². The summed E-state index contributed by atoms with van der Waals surface area (Å²) in [6.07, 6.45) is 2.58. The molecule has 0 aliphatic heterocycles. The van der Waals surface area contributed by atoms with Crippen molar-refractivity contribution >= 4 is 15.9 Å². The maximum absolute atomic E-state index is 9.11. The predicted molar refractivity (Wildman–Crippen MR) is 56.5 cm³/mol. The Morgan fingerprint density at radius 2 is 2.23 bits per heavy atom. The van der Waals surface area contributed by atoms with Crippen LogP contribution in [-0.4, -0.2) is 16.7 Å². The molecule has 72 valence electrons. The number of aromatic nitrogens is 1. The lowest BCUT2D eigenvalue weighted by Crippen LogP contribution is -2.20. The summed E-state index contributed by atoms with van der Waals surface area (Å²) in [7, 11) is 0. The van der Waals surface area contributed by atoms with Gasteiger partial charge in [-0.05, 0) is 39.4 Å². The minimum atomic E-state index is -0.0778. The number of halogens is 1. The van der Waals surface area contributed by atoms with Gasteiger partial charge in [0.25, 0.3) is 0 Å². The van der Waals surface area contributed by atoms with Crippen LogP contribution in [0.1, 0.15) is 19.4 Å². The Morgan fingerprint density at radius 1 is 1.54 bits per heavy atom. The molecule has 3 heteroatoms. The van der Waals surface area contributed by atoms with Crippen molar-refractivity contribution in [3.05, 3.63) is 28.5 Å². The fourth-order valence-corrected chi connectivity index (χ4v) is 1.51. The van der Waals surface area contributed by atoms with E-state index in [1.54, 1.807) is 6.20 Å². The van der Waals surface area contributed by atoms with Crippen LogP contribution in [0.15, 0.2) is 22.9 Å². The van der Waals surface area contributed by atoms with Gasteiger partial charge in [0.1, 0.15) is 4.60 Å². The zero-order chi connectivity index (χ0) is 9.90. The van der Waals surface area contributed by atoms with E-state index in [9.17, 15) is 0 Å². The Balaban J connectivity index is 2.80. The van der Waals surface area contributed by atoms with E-state index in [1.165, 1.54) is 0 Å². The molecule has 0 fully saturated rings. The molecule has 0 aliphatic carbocycles. The number of rotatable bonds is 3. The van der Waals surface area contributed by atoms with Crippen LogP contribution in [-0.2, 0) is 6.42 Å². The highest BCUT2D eigenvalue weighted by Crippen LogP contribution is 2.24. The van der Waals surface area contributed by atoms with Crippen LogP contribution >= 0.6 is 15.9 Å². The number of nitrogens with zero attached hydrogens (tertiary/aromatic N) is 1. The van der Waals surface area contributed by atoms with Crippen molar-refractivity contribution in [1.29, 1.82) is 0 Å². The zero-order valence-corrected chi connectivity index (χ0v) is 9.50. The Bertz CT molecular complexity index is 286. The zero-order valence-electron chi connectivity index (χ0n) is 7.92. The van der Waals surface area contributed by atoms with Gasteiger partial charge in [0.2, 0.25) is 0 Å². The number of pyridine rings is 1. The molecule has 1 heterocycles. The van der Waals surface area contributed by atoms with Crippen LogP contribution in [0.4, 0.5) is 0 Å². The van der Waals surface area contributed by atoms with Gasteiger partial charge in [-0.1, -0.05) is 19.9 Å². The Kier molecular flexibility index (Phi) is 3.45. The summed E-state index contributed by atoms with van der Waals surface area (Å²) in [6.45, 7) is 4.26. The average Bonchev–Trinajstić information content (AvgIpc) is 2.09.